The van der Waals surface area contributed by atoms with Gasteiger partial charge in [0.15, 0.2) is 0 Å². The molecule has 0 atom stereocenters. The average molecular weight is 136 g/mol. The van der Waals surface area contributed by atoms with Gasteiger partial charge in [0.2, 0.25) is 0 Å². The highest BCUT2D eigenvalue weighted by molar-refractivity contribution is 5.29. The molecular formula is C7H8N2O. The monoisotopic (exact) mass is 136 g/mol. The Morgan fingerprint density at radius 3 is 2.80 bits per heavy atom. The summed E-state index contributed by atoms with van der Waals surface area (Å²) in [6.07, 6.45) is 8.95. The molecule has 1 rings (SSSR count). The summed E-state index contributed by atoms with van der Waals surface area (Å²) < 4.78 is 0. The predicted molar refractivity (Wildman–Crippen MR) is 38.7 cm³/mol. The molecule has 0 unspecified atom stereocenters. The maximum absolute atomic E-state index is 8.37. The molecule has 0 radical (unpaired) electrons. The molecule has 0 amide bonds. The van der Waals surface area contributed by atoms with Crippen LogP contribution >= 0.6 is 0 Å². The lowest BCUT2D eigenvalue weighted by Gasteiger charge is -1.89. The van der Waals surface area contributed by atoms with Gasteiger partial charge in [0, 0.05) is 6.20 Å². The highest BCUT2D eigenvalue weighted by Crippen LogP contribution is 1.91. The van der Waals surface area contributed by atoms with E-state index >= 15 is 0 Å². The molecule has 10 heavy (non-hydrogen) atoms. The van der Waals surface area contributed by atoms with Gasteiger partial charge >= 0.3 is 0 Å². The van der Waals surface area contributed by atoms with Crippen molar-refractivity contribution in [3.63, 3.8) is 0 Å². The molecule has 1 aliphatic heterocycles. The van der Waals surface area contributed by atoms with Crippen LogP contribution < -0.4 is 5.32 Å². The highest BCUT2D eigenvalue weighted by Gasteiger charge is 1.87. The minimum Gasteiger partial charge on any atom is -0.412 e. The van der Waals surface area contributed by atoms with Gasteiger partial charge in [-0.2, -0.15) is 5.26 Å². The predicted octanol–water partition coefficient (Wildman–Crippen LogP) is 0.242. The first kappa shape index (κ1) is 8.47. The third kappa shape index (κ3) is 2.16. The minimum absolute atomic E-state index is 0. The zero-order chi connectivity index (χ0) is 6.53. The van der Waals surface area contributed by atoms with Gasteiger partial charge in [-0.05, 0) is 12.2 Å². The third-order valence-electron chi connectivity index (χ3n) is 0.941. The standard InChI is InChI=1S/C7H6N2.H2O/c8-6-7-4-2-1-3-5-9-7;/h1-5,9H;1H2. The lowest BCUT2D eigenvalue weighted by molar-refractivity contribution is 0.824. The molecule has 1 aliphatic rings. The van der Waals surface area contributed by atoms with Crippen LogP contribution in [0.2, 0.25) is 0 Å². The summed E-state index contributed by atoms with van der Waals surface area (Å²) >= 11 is 0. The van der Waals surface area contributed by atoms with Crippen molar-refractivity contribution in [2.24, 2.45) is 0 Å². The highest BCUT2D eigenvalue weighted by atomic mass is 16.0. The topological polar surface area (TPSA) is 67.3 Å². The summed E-state index contributed by atoms with van der Waals surface area (Å²) in [4.78, 5) is 0. The fraction of sp³-hybridized carbons (Fsp3) is 0. The molecule has 3 nitrogen and oxygen atoms in total. The molecule has 0 aromatic heterocycles. The van der Waals surface area contributed by atoms with E-state index in [4.69, 9.17) is 5.26 Å². The van der Waals surface area contributed by atoms with E-state index in [-0.39, 0.29) is 5.48 Å². The van der Waals surface area contributed by atoms with E-state index in [2.05, 4.69) is 5.32 Å². The van der Waals surface area contributed by atoms with Crippen molar-refractivity contribution >= 4 is 0 Å². The molecule has 0 fully saturated rings. The van der Waals surface area contributed by atoms with Crippen LogP contribution in [0.3, 0.4) is 0 Å². The first-order chi connectivity index (χ1) is 4.43. The van der Waals surface area contributed by atoms with Gasteiger partial charge in [0.1, 0.15) is 11.8 Å². The van der Waals surface area contributed by atoms with Crippen molar-refractivity contribution in [3.05, 3.63) is 36.2 Å². The fourth-order valence-corrected chi connectivity index (χ4v) is 0.527. The molecule has 3 heteroatoms. The van der Waals surface area contributed by atoms with Crippen molar-refractivity contribution in [1.29, 1.82) is 5.26 Å². The Labute approximate surface area is 59.3 Å². The normalized spacial score (nSPS) is 13.7. The Balaban J connectivity index is 0.000000810. The Morgan fingerprint density at radius 1 is 1.30 bits per heavy atom. The van der Waals surface area contributed by atoms with E-state index in [1.807, 2.05) is 24.3 Å². The van der Waals surface area contributed by atoms with Gasteiger partial charge in [-0.3, -0.25) is 0 Å². The Kier molecular flexibility index (Phi) is 3.69. The molecule has 0 saturated carbocycles. The molecule has 0 spiro atoms. The summed E-state index contributed by atoms with van der Waals surface area (Å²) in [5.41, 5.74) is 0.569. The lowest BCUT2D eigenvalue weighted by atomic mass is 10.4. The number of hydrogen-bond acceptors (Lipinski definition) is 2. The van der Waals surface area contributed by atoms with Crippen LogP contribution in [-0.4, -0.2) is 5.48 Å². The number of nitriles is 1. The lowest BCUT2D eigenvalue weighted by Crippen LogP contribution is -2.00. The molecule has 52 valence electrons. The average Bonchev–Trinajstić information content (AvgIpc) is 2.13. The smallest absolute Gasteiger partial charge is 0.117 e. The fourth-order valence-electron chi connectivity index (χ4n) is 0.527. The van der Waals surface area contributed by atoms with Crippen LogP contribution in [0.25, 0.3) is 0 Å². The second kappa shape index (κ2) is 4.36. The van der Waals surface area contributed by atoms with Crippen LogP contribution in [0.4, 0.5) is 0 Å². The second-order valence-electron chi connectivity index (χ2n) is 1.58. The van der Waals surface area contributed by atoms with Gasteiger partial charge in [0.25, 0.3) is 0 Å². The molecule has 3 N–H and O–H groups in total. The van der Waals surface area contributed by atoms with Crippen LogP contribution in [0.1, 0.15) is 0 Å². The van der Waals surface area contributed by atoms with Crippen molar-refractivity contribution in [2.45, 2.75) is 0 Å². The Morgan fingerprint density at radius 2 is 2.10 bits per heavy atom. The largest absolute Gasteiger partial charge is 0.412 e. The first-order valence-corrected chi connectivity index (χ1v) is 2.63. The van der Waals surface area contributed by atoms with Crippen LogP contribution in [0, 0.1) is 11.3 Å². The van der Waals surface area contributed by atoms with Crippen LogP contribution in [0.5, 0.6) is 0 Å². The number of nitrogens with zero attached hydrogens (tertiary/aromatic N) is 1. The van der Waals surface area contributed by atoms with Crippen molar-refractivity contribution < 1.29 is 5.48 Å². The van der Waals surface area contributed by atoms with E-state index in [1.165, 1.54) is 0 Å². The molecular weight excluding hydrogens is 128 g/mol. The number of nitrogens with one attached hydrogen (secondary N) is 1. The van der Waals surface area contributed by atoms with E-state index in [0.717, 1.165) is 0 Å². The minimum atomic E-state index is 0. The summed E-state index contributed by atoms with van der Waals surface area (Å²) in [5, 5.41) is 11.2. The number of hydrogen-bond donors (Lipinski definition) is 1. The number of rotatable bonds is 0. The summed E-state index contributed by atoms with van der Waals surface area (Å²) in [7, 11) is 0. The van der Waals surface area contributed by atoms with Gasteiger partial charge in [-0.25, -0.2) is 0 Å². The third-order valence-corrected chi connectivity index (χ3v) is 0.941. The molecule has 0 saturated heterocycles. The van der Waals surface area contributed by atoms with Crippen molar-refractivity contribution in [2.75, 3.05) is 0 Å². The van der Waals surface area contributed by atoms with E-state index < -0.39 is 0 Å². The van der Waals surface area contributed by atoms with Gasteiger partial charge < -0.3 is 10.8 Å². The Hall–Kier alpha value is -1.53. The molecule has 0 aromatic carbocycles. The van der Waals surface area contributed by atoms with Crippen molar-refractivity contribution in [3.8, 4) is 6.07 Å². The zero-order valence-electron chi connectivity index (χ0n) is 5.33. The van der Waals surface area contributed by atoms with E-state index in [0.29, 0.717) is 5.70 Å². The van der Waals surface area contributed by atoms with Gasteiger partial charge in [-0.1, -0.05) is 12.2 Å². The zero-order valence-corrected chi connectivity index (χ0v) is 5.33. The molecule has 0 aliphatic carbocycles. The van der Waals surface area contributed by atoms with Gasteiger partial charge in [0.05, 0.1) is 0 Å². The Bertz CT molecular complexity index is 220. The van der Waals surface area contributed by atoms with E-state index in [1.54, 1.807) is 12.3 Å². The van der Waals surface area contributed by atoms with Crippen molar-refractivity contribution in [1.82, 2.24) is 5.32 Å². The first-order valence-electron chi connectivity index (χ1n) is 2.63. The summed E-state index contributed by atoms with van der Waals surface area (Å²) in [6.45, 7) is 0. The summed E-state index contributed by atoms with van der Waals surface area (Å²) in [5.74, 6) is 0. The van der Waals surface area contributed by atoms with Crippen LogP contribution in [-0.2, 0) is 0 Å². The molecule has 1 heterocycles. The quantitative estimate of drug-likeness (QED) is 0.518. The molecule has 0 aromatic rings. The molecule has 0 bridgehead atoms. The maximum atomic E-state index is 8.37. The maximum Gasteiger partial charge on any atom is 0.117 e. The SMILES string of the molecule is N#CC1=CC=CC=CN1.O. The second-order valence-corrected chi connectivity index (χ2v) is 1.58. The van der Waals surface area contributed by atoms with Crippen LogP contribution in [0.15, 0.2) is 36.2 Å². The number of allylic oxidation sites excluding steroid dienone is 5. The van der Waals surface area contributed by atoms with Gasteiger partial charge in [-0.15, -0.1) is 0 Å². The van der Waals surface area contributed by atoms with E-state index in [9.17, 15) is 0 Å². The summed E-state index contributed by atoms with van der Waals surface area (Å²) in [6, 6.07) is 1.99.